The van der Waals surface area contributed by atoms with Crippen LogP contribution in [-0.4, -0.2) is 86.3 Å². The van der Waals surface area contributed by atoms with Crippen LogP contribution in [0.4, 0.5) is 0 Å². The molecule has 0 spiro atoms. The summed E-state index contributed by atoms with van der Waals surface area (Å²) < 4.78 is 22.7. The number of aliphatic hydroxyl groups is 1. The van der Waals surface area contributed by atoms with Crippen molar-refractivity contribution in [3.63, 3.8) is 0 Å². The van der Waals surface area contributed by atoms with Gasteiger partial charge in [-0.3, -0.25) is 14.5 Å². The second kappa shape index (κ2) is 14.4. The molecule has 41 heavy (non-hydrogen) atoms. The molecule has 2 saturated heterocycles. The van der Waals surface area contributed by atoms with Crippen LogP contribution in [0.15, 0.2) is 42.0 Å². The average molecular weight is 567 g/mol. The number of ketones is 1. The molecule has 1 N–H and O–H groups in total. The molecule has 2 fully saturated rings. The van der Waals surface area contributed by atoms with Gasteiger partial charge in [-0.05, 0) is 61.7 Å². The van der Waals surface area contributed by atoms with Gasteiger partial charge in [0.25, 0.3) is 11.7 Å². The van der Waals surface area contributed by atoms with E-state index in [1.807, 2.05) is 32.0 Å². The second-order valence-corrected chi connectivity index (χ2v) is 10.3. The van der Waals surface area contributed by atoms with Gasteiger partial charge >= 0.3 is 0 Å². The maximum atomic E-state index is 13.5. The number of methoxy groups -OCH3 is 1. The normalized spacial score (nSPS) is 19.0. The molecule has 0 aliphatic carbocycles. The lowest BCUT2D eigenvalue weighted by atomic mass is 9.93. The summed E-state index contributed by atoms with van der Waals surface area (Å²) in [6.07, 6.45) is 3.10. The van der Waals surface area contributed by atoms with Crippen molar-refractivity contribution in [2.75, 3.05) is 59.7 Å². The zero-order chi connectivity index (χ0) is 29.4. The average Bonchev–Trinajstić information content (AvgIpc) is 3.23. The number of ether oxygens (including phenoxy) is 4. The predicted molar refractivity (Wildman–Crippen MR) is 157 cm³/mol. The van der Waals surface area contributed by atoms with Crippen LogP contribution in [0.25, 0.3) is 5.76 Å². The number of aliphatic hydroxyl groups excluding tert-OH is 1. The maximum Gasteiger partial charge on any atom is 0.295 e. The van der Waals surface area contributed by atoms with Crippen molar-refractivity contribution in [3.8, 4) is 17.2 Å². The molecule has 9 heteroatoms. The number of benzene rings is 2. The summed E-state index contributed by atoms with van der Waals surface area (Å²) in [6, 6.07) is 9.95. The number of nitrogens with zero attached hydrogens (tertiary/aromatic N) is 2. The molecule has 1 amide bonds. The van der Waals surface area contributed by atoms with Crippen LogP contribution in [0.2, 0.25) is 0 Å². The predicted octanol–water partition coefficient (Wildman–Crippen LogP) is 4.73. The highest BCUT2D eigenvalue weighted by molar-refractivity contribution is 6.46. The van der Waals surface area contributed by atoms with E-state index in [4.69, 9.17) is 18.9 Å². The fourth-order valence-electron chi connectivity index (χ4n) is 5.34. The van der Waals surface area contributed by atoms with Crippen LogP contribution in [-0.2, 0) is 14.3 Å². The fourth-order valence-corrected chi connectivity index (χ4v) is 5.34. The highest BCUT2D eigenvalue weighted by Crippen LogP contribution is 2.42. The quantitative estimate of drug-likeness (QED) is 0.161. The Balaban J connectivity index is 1.74. The lowest BCUT2D eigenvalue weighted by molar-refractivity contribution is -0.140. The number of aryl methyl sites for hydroxylation is 1. The molecule has 9 nitrogen and oxygen atoms in total. The number of morpholine rings is 1. The molecule has 0 saturated carbocycles. The standard InChI is InChI=1S/C32H42N2O7/c1-5-7-8-17-41-26-12-9-23(21-27(26)38-4)29-28(30(35)25-11-10-24(40-6-2)20-22(25)3)31(36)32(37)34(29)14-13-33-15-18-39-19-16-33/h9-12,20-21,29,35H,5-8,13-19H2,1-4H3/b30-28+. The summed E-state index contributed by atoms with van der Waals surface area (Å²) in [5.41, 5.74) is 1.93. The van der Waals surface area contributed by atoms with Gasteiger partial charge in [0.2, 0.25) is 0 Å². The van der Waals surface area contributed by atoms with Gasteiger partial charge in [-0.2, -0.15) is 0 Å². The van der Waals surface area contributed by atoms with Gasteiger partial charge in [-0.15, -0.1) is 0 Å². The van der Waals surface area contributed by atoms with Gasteiger partial charge in [0.15, 0.2) is 11.5 Å². The van der Waals surface area contributed by atoms with Crippen molar-refractivity contribution < 1.29 is 33.6 Å². The molecule has 0 bridgehead atoms. The number of Topliss-reactive ketones (excluding diaryl/α,β-unsaturated/α-hetero) is 1. The van der Waals surface area contributed by atoms with Gasteiger partial charge in [-0.1, -0.05) is 25.8 Å². The third-order valence-electron chi connectivity index (χ3n) is 7.57. The molecule has 2 aliphatic heterocycles. The molecule has 4 rings (SSSR count). The second-order valence-electron chi connectivity index (χ2n) is 10.3. The van der Waals surface area contributed by atoms with Gasteiger partial charge in [-0.25, -0.2) is 0 Å². The summed E-state index contributed by atoms with van der Waals surface area (Å²) in [7, 11) is 1.57. The monoisotopic (exact) mass is 566 g/mol. The van der Waals surface area contributed by atoms with E-state index in [0.717, 1.165) is 37.9 Å². The van der Waals surface area contributed by atoms with Crippen molar-refractivity contribution in [2.45, 2.75) is 46.1 Å². The number of amides is 1. The lowest BCUT2D eigenvalue weighted by Crippen LogP contribution is -2.42. The summed E-state index contributed by atoms with van der Waals surface area (Å²) in [6.45, 7) is 10.7. The first kappa shape index (κ1) is 30.4. The van der Waals surface area contributed by atoms with Crippen molar-refractivity contribution in [2.24, 2.45) is 0 Å². The van der Waals surface area contributed by atoms with E-state index in [2.05, 4.69) is 11.8 Å². The van der Waals surface area contributed by atoms with E-state index in [1.165, 1.54) is 0 Å². The zero-order valence-corrected chi connectivity index (χ0v) is 24.6. The minimum Gasteiger partial charge on any atom is -0.507 e. The molecular weight excluding hydrogens is 524 g/mol. The smallest absolute Gasteiger partial charge is 0.295 e. The van der Waals surface area contributed by atoms with Gasteiger partial charge in [0.05, 0.1) is 45.2 Å². The SMILES string of the molecule is CCCCCOc1ccc(C2/C(=C(\O)c3ccc(OCC)cc3C)C(=O)C(=O)N2CCN2CCOCC2)cc1OC. The van der Waals surface area contributed by atoms with E-state index in [9.17, 15) is 14.7 Å². The molecule has 2 aliphatic rings. The maximum absolute atomic E-state index is 13.5. The summed E-state index contributed by atoms with van der Waals surface area (Å²) in [5, 5.41) is 11.6. The van der Waals surface area contributed by atoms with Crippen LogP contribution in [0.3, 0.4) is 0 Å². The van der Waals surface area contributed by atoms with Crippen LogP contribution < -0.4 is 14.2 Å². The Hall–Kier alpha value is -3.56. The molecule has 2 heterocycles. The number of likely N-dealkylation sites (tertiary alicyclic amines) is 1. The number of carbonyl (C=O) groups excluding carboxylic acids is 2. The third-order valence-corrected chi connectivity index (χ3v) is 7.57. The number of unbranched alkanes of at least 4 members (excludes halogenated alkanes) is 2. The molecule has 2 aromatic carbocycles. The Morgan fingerprint density at radius 1 is 1.00 bits per heavy atom. The Morgan fingerprint density at radius 3 is 2.46 bits per heavy atom. The Kier molecular flexibility index (Phi) is 10.7. The van der Waals surface area contributed by atoms with E-state index in [1.54, 1.807) is 30.2 Å². The lowest BCUT2D eigenvalue weighted by Gasteiger charge is -2.31. The van der Waals surface area contributed by atoms with E-state index in [-0.39, 0.29) is 11.3 Å². The molecular formula is C32H42N2O7. The molecule has 1 atom stereocenters. The Morgan fingerprint density at radius 2 is 1.78 bits per heavy atom. The van der Waals surface area contributed by atoms with Crippen molar-refractivity contribution >= 4 is 17.4 Å². The Labute approximate surface area is 242 Å². The summed E-state index contributed by atoms with van der Waals surface area (Å²) in [5.74, 6) is 0.230. The number of rotatable bonds is 13. The topological polar surface area (TPSA) is 97.8 Å². The number of hydrogen-bond acceptors (Lipinski definition) is 8. The largest absolute Gasteiger partial charge is 0.507 e. The van der Waals surface area contributed by atoms with Crippen molar-refractivity contribution in [1.29, 1.82) is 0 Å². The summed E-state index contributed by atoms with van der Waals surface area (Å²) in [4.78, 5) is 30.8. The number of carbonyl (C=O) groups is 2. The molecule has 0 radical (unpaired) electrons. The first-order valence-corrected chi connectivity index (χ1v) is 14.5. The van der Waals surface area contributed by atoms with Crippen LogP contribution >= 0.6 is 0 Å². The minimum absolute atomic E-state index is 0.0582. The van der Waals surface area contributed by atoms with Gasteiger partial charge in [0.1, 0.15) is 11.5 Å². The highest BCUT2D eigenvalue weighted by Gasteiger charge is 2.46. The minimum atomic E-state index is -0.787. The van der Waals surface area contributed by atoms with Crippen molar-refractivity contribution in [1.82, 2.24) is 9.80 Å². The fraction of sp³-hybridized carbons (Fsp3) is 0.500. The highest BCUT2D eigenvalue weighted by atomic mass is 16.5. The number of hydrogen-bond donors (Lipinski definition) is 1. The van der Waals surface area contributed by atoms with E-state index >= 15 is 0 Å². The Bertz CT molecular complexity index is 1250. The van der Waals surface area contributed by atoms with E-state index in [0.29, 0.717) is 67.9 Å². The molecule has 2 aromatic rings. The van der Waals surface area contributed by atoms with Gasteiger partial charge in [0, 0.05) is 31.7 Å². The molecule has 222 valence electrons. The third kappa shape index (κ3) is 7.02. The van der Waals surface area contributed by atoms with Crippen molar-refractivity contribution in [3.05, 3.63) is 58.7 Å². The summed E-state index contributed by atoms with van der Waals surface area (Å²) >= 11 is 0. The molecule has 0 aromatic heterocycles. The molecule has 1 unspecified atom stereocenters. The van der Waals surface area contributed by atoms with Crippen LogP contribution in [0.5, 0.6) is 17.2 Å². The first-order valence-electron chi connectivity index (χ1n) is 14.5. The first-order chi connectivity index (χ1) is 19.9. The van der Waals surface area contributed by atoms with Crippen LogP contribution in [0, 0.1) is 6.92 Å². The van der Waals surface area contributed by atoms with E-state index < -0.39 is 17.7 Å². The van der Waals surface area contributed by atoms with Crippen LogP contribution in [0.1, 0.15) is 55.8 Å². The zero-order valence-electron chi connectivity index (χ0n) is 24.6. The van der Waals surface area contributed by atoms with Gasteiger partial charge < -0.3 is 29.0 Å².